The molecule has 4 amide bonds. The van der Waals surface area contributed by atoms with Crippen LogP contribution in [0.3, 0.4) is 0 Å². The number of anilines is 2. The van der Waals surface area contributed by atoms with E-state index in [0.717, 1.165) is 36.2 Å². The van der Waals surface area contributed by atoms with Crippen molar-refractivity contribution < 1.29 is 19.2 Å². The molecule has 2 saturated heterocycles. The first kappa shape index (κ1) is 25.5. The lowest BCUT2D eigenvalue weighted by molar-refractivity contribution is -0.136. The van der Waals surface area contributed by atoms with Gasteiger partial charge in [0.2, 0.25) is 23.6 Å². The van der Waals surface area contributed by atoms with Gasteiger partial charge in [0.25, 0.3) is 0 Å². The lowest BCUT2D eigenvalue weighted by Crippen LogP contribution is -2.44. The first-order chi connectivity index (χ1) is 18.9. The molecule has 4 aliphatic rings. The van der Waals surface area contributed by atoms with Crippen LogP contribution in [-0.2, 0) is 37.4 Å². The number of carbonyl (C=O) groups is 4. The molecule has 1 aromatic carbocycles. The molecule has 1 spiro atoms. The van der Waals surface area contributed by atoms with E-state index in [9.17, 15) is 19.2 Å². The van der Waals surface area contributed by atoms with Gasteiger partial charge in [-0.05, 0) is 80.4 Å². The van der Waals surface area contributed by atoms with Gasteiger partial charge >= 0.3 is 0 Å². The molecule has 10 nitrogen and oxygen atoms in total. The van der Waals surface area contributed by atoms with Crippen LogP contribution in [0.2, 0.25) is 0 Å². The van der Waals surface area contributed by atoms with E-state index in [-0.39, 0.29) is 36.1 Å². The third-order valence-corrected chi connectivity index (χ3v) is 8.73. The second kappa shape index (κ2) is 10.4. The van der Waals surface area contributed by atoms with E-state index in [1.54, 1.807) is 6.20 Å². The van der Waals surface area contributed by atoms with Crippen LogP contribution < -0.4 is 21.3 Å². The monoisotopic (exact) mass is 530 g/mol. The maximum Gasteiger partial charge on any atom is 0.243 e. The van der Waals surface area contributed by atoms with Gasteiger partial charge in [0.1, 0.15) is 5.82 Å². The Morgan fingerprint density at radius 3 is 2.69 bits per heavy atom. The number of carbonyl (C=O) groups excluding carboxylic acids is 4. The topological polar surface area (TPSA) is 133 Å². The van der Waals surface area contributed by atoms with Gasteiger partial charge in [-0.15, -0.1) is 0 Å². The summed E-state index contributed by atoms with van der Waals surface area (Å²) in [5.74, 6) is 0.535. The number of nitrogens with zero attached hydrogens (tertiary/aromatic N) is 2. The van der Waals surface area contributed by atoms with Crippen LogP contribution >= 0.6 is 0 Å². The maximum absolute atomic E-state index is 12.9. The van der Waals surface area contributed by atoms with Gasteiger partial charge in [-0.25, -0.2) is 4.98 Å². The number of amides is 4. The van der Waals surface area contributed by atoms with Gasteiger partial charge in [0.15, 0.2) is 0 Å². The molecule has 3 aliphatic heterocycles. The number of pyridine rings is 1. The van der Waals surface area contributed by atoms with E-state index >= 15 is 0 Å². The number of aromatic nitrogens is 1. The molecule has 204 valence electrons. The second-order valence-electron chi connectivity index (χ2n) is 11.3. The minimum atomic E-state index is -0.656. The van der Waals surface area contributed by atoms with E-state index in [0.29, 0.717) is 62.6 Å². The number of hydrogen-bond acceptors (Lipinski definition) is 6. The van der Waals surface area contributed by atoms with Crippen molar-refractivity contribution in [3.8, 4) is 0 Å². The van der Waals surface area contributed by atoms with Gasteiger partial charge in [-0.1, -0.05) is 12.1 Å². The standard InChI is InChI=1S/C29H34N6O4/c36-24(17-32-27(38)19-6-10-35(11-7-19)25(37)12-18-5-9-30-16-18)33-22-4-3-20-14-29(15-21(20)13-22)23-2-1-8-31-26(23)34-28(29)39/h1-4,8,13,18-19,30H,5-7,9-12,14-17H2,(H,32,38)(H,33,36)(H,31,34,39)/t18-,29+/m0/s1. The predicted molar refractivity (Wildman–Crippen MR) is 145 cm³/mol. The van der Waals surface area contributed by atoms with Crippen molar-refractivity contribution in [3.63, 3.8) is 0 Å². The second-order valence-corrected chi connectivity index (χ2v) is 11.3. The van der Waals surface area contributed by atoms with E-state index in [2.05, 4.69) is 26.3 Å². The van der Waals surface area contributed by atoms with Crippen molar-refractivity contribution in [1.82, 2.24) is 20.5 Å². The highest BCUT2D eigenvalue weighted by atomic mass is 16.2. The molecule has 0 saturated carbocycles. The summed E-state index contributed by atoms with van der Waals surface area (Å²) in [6.45, 7) is 2.93. The van der Waals surface area contributed by atoms with Crippen LogP contribution in [0.1, 0.15) is 42.4 Å². The summed E-state index contributed by atoms with van der Waals surface area (Å²) in [5, 5.41) is 11.8. The Labute approximate surface area is 227 Å². The van der Waals surface area contributed by atoms with Crippen LogP contribution in [0.15, 0.2) is 36.5 Å². The Morgan fingerprint density at radius 2 is 1.90 bits per heavy atom. The fraction of sp³-hybridized carbons (Fsp3) is 0.483. The van der Waals surface area contributed by atoms with Crippen molar-refractivity contribution in [2.24, 2.45) is 11.8 Å². The van der Waals surface area contributed by atoms with Crippen LogP contribution in [-0.4, -0.2) is 66.2 Å². The number of fused-ring (bicyclic) bond motifs is 3. The van der Waals surface area contributed by atoms with Crippen molar-refractivity contribution in [2.45, 2.75) is 43.9 Å². The molecule has 0 unspecified atom stereocenters. The van der Waals surface area contributed by atoms with Gasteiger partial charge in [-0.3, -0.25) is 19.2 Å². The van der Waals surface area contributed by atoms with E-state index in [4.69, 9.17) is 0 Å². The van der Waals surface area contributed by atoms with E-state index < -0.39 is 5.41 Å². The molecule has 2 atom stereocenters. The number of hydrogen-bond donors (Lipinski definition) is 4. The molecule has 2 aromatic rings. The quantitative estimate of drug-likeness (QED) is 0.446. The summed E-state index contributed by atoms with van der Waals surface area (Å²) in [5.41, 5.74) is 3.00. The van der Waals surface area contributed by atoms with Crippen LogP contribution in [0.4, 0.5) is 11.5 Å². The average molecular weight is 531 g/mol. The van der Waals surface area contributed by atoms with Crippen LogP contribution in [0.25, 0.3) is 0 Å². The lowest BCUT2D eigenvalue weighted by Gasteiger charge is -2.32. The van der Waals surface area contributed by atoms with Gasteiger partial charge in [0, 0.05) is 42.9 Å². The summed E-state index contributed by atoms with van der Waals surface area (Å²) >= 11 is 0. The maximum atomic E-state index is 12.9. The molecule has 4 heterocycles. The van der Waals surface area contributed by atoms with Crippen molar-refractivity contribution in [1.29, 1.82) is 0 Å². The summed E-state index contributed by atoms with van der Waals surface area (Å²) in [7, 11) is 0. The Morgan fingerprint density at radius 1 is 1.08 bits per heavy atom. The van der Waals surface area contributed by atoms with E-state index in [1.807, 2.05) is 35.2 Å². The average Bonchev–Trinajstić information content (AvgIpc) is 3.66. The summed E-state index contributed by atoms with van der Waals surface area (Å²) in [6.07, 6.45) is 5.66. The molecule has 4 N–H and O–H groups in total. The Bertz CT molecular complexity index is 1310. The first-order valence-electron chi connectivity index (χ1n) is 13.9. The largest absolute Gasteiger partial charge is 0.347 e. The highest BCUT2D eigenvalue weighted by Crippen LogP contribution is 2.46. The Kier molecular flexibility index (Phi) is 6.80. The number of nitrogens with one attached hydrogen (secondary N) is 4. The number of benzene rings is 1. The molecule has 1 aliphatic carbocycles. The molecule has 6 rings (SSSR count). The number of rotatable bonds is 6. The fourth-order valence-corrected chi connectivity index (χ4v) is 6.52. The summed E-state index contributed by atoms with van der Waals surface area (Å²) in [6, 6.07) is 9.51. The molecule has 10 heteroatoms. The normalized spacial score (nSPS) is 23.8. The Balaban J connectivity index is 0.979. The zero-order valence-electron chi connectivity index (χ0n) is 21.9. The third-order valence-electron chi connectivity index (χ3n) is 8.73. The minimum Gasteiger partial charge on any atom is -0.347 e. The molecule has 39 heavy (non-hydrogen) atoms. The molecule has 1 aromatic heterocycles. The van der Waals surface area contributed by atoms with Crippen LogP contribution in [0.5, 0.6) is 0 Å². The van der Waals surface area contributed by atoms with Gasteiger partial charge in [0.05, 0.1) is 12.0 Å². The number of likely N-dealkylation sites (tertiary alicyclic amines) is 1. The van der Waals surface area contributed by atoms with Crippen LogP contribution in [0, 0.1) is 11.8 Å². The third kappa shape index (κ3) is 5.01. The zero-order valence-corrected chi connectivity index (χ0v) is 21.9. The summed E-state index contributed by atoms with van der Waals surface area (Å²) < 4.78 is 0. The molecule has 0 radical (unpaired) electrons. The van der Waals surface area contributed by atoms with Gasteiger partial charge in [-0.2, -0.15) is 0 Å². The summed E-state index contributed by atoms with van der Waals surface area (Å²) in [4.78, 5) is 56.9. The molecule has 0 bridgehead atoms. The SMILES string of the molecule is O=C(CNC(=O)C1CCN(C(=O)C[C@@H]2CCNC2)CC1)Nc1ccc2c(c1)C[C@@]1(C2)C(=O)Nc2ncccc21. The molecular formula is C29H34N6O4. The Hall–Kier alpha value is -3.79. The zero-order chi connectivity index (χ0) is 27.0. The smallest absolute Gasteiger partial charge is 0.243 e. The highest BCUT2D eigenvalue weighted by Gasteiger charge is 2.51. The lowest BCUT2D eigenvalue weighted by atomic mass is 9.79. The van der Waals surface area contributed by atoms with E-state index in [1.165, 1.54) is 0 Å². The fourth-order valence-electron chi connectivity index (χ4n) is 6.52. The predicted octanol–water partition coefficient (Wildman–Crippen LogP) is 1.36. The number of piperidine rings is 1. The molecule has 2 fully saturated rings. The van der Waals surface area contributed by atoms with Crippen molar-refractivity contribution in [3.05, 3.63) is 53.2 Å². The molecular weight excluding hydrogens is 496 g/mol. The van der Waals surface area contributed by atoms with Crippen molar-refractivity contribution in [2.75, 3.05) is 43.4 Å². The van der Waals surface area contributed by atoms with Gasteiger partial charge < -0.3 is 26.2 Å². The van der Waals surface area contributed by atoms with Crippen molar-refractivity contribution >= 4 is 35.1 Å². The first-order valence-corrected chi connectivity index (χ1v) is 13.9. The highest BCUT2D eigenvalue weighted by molar-refractivity contribution is 6.06. The minimum absolute atomic E-state index is 0.0398.